The fraction of sp³-hybridized carbons (Fsp3) is 0.222. The van der Waals surface area contributed by atoms with E-state index in [2.05, 4.69) is 10.3 Å². The van der Waals surface area contributed by atoms with Crippen LogP contribution in [-0.2, 0) is 14.3 Å². The molecule has 0 bridgehead atoms. The van der Waals surface area contributed by atoms with E-state index in [4.69, 9.17) is 21.1 Å². The van der Waals surface area contributed by atoms with Crippen molar-refractivity contribution >= 4 is 29.6 Å². The Kier molecular flexibility index (Phi) is 10.5. The number of nitrogens with zero attached hydrogens (tertiary/aromatic N) is 1. The Hall–Kier alpha value is -2.13. The number of carbonyl (C=O) groups excluding carboxylic acids is 3. The maximum absolute atomic E-state index is 11.6. The molecule has 0 saturated heterocycles. The van der Waals surface area contributed by atoms with Crippen molar-refractivity contribution in [2.75, 3.05) is 13.3 Å². The third kappa shape index (κ3) is 7.85. The van der Waals surface area contributed by atoms with Crippen molar-refractivity contribution in [2.24, 2.45) is 0 Å². The van der Waals surface area contributed by atoms with Crippen LogP contribution in [0.5, 0.6) is 0 Å². The second kappa shape index (κ2) is 12.4. The van der Waals surface area contributed by atoms with Crippen molar-refractivity contribution < 1.29 is 58.5 Å². The molecular formula is C18H16ClN2NaO6. The number of pyridine rings is 1. The standard InChI is InChI=1S/C18H17ClN2O6.Na/c19-14-5-3-12(4-6-14)15(16(22)23)7-9-21-18(25)27-11-26-17(24)13-2-1-8-20-10-13;/h1-6,8,10,15H,7,9,11H2,(H,21,25)(H,22,23);/q;+1/p-1. The molecule has 142 valence electrons. The Bertz CT molecular complexity index is 788. The van der Waals surface area contributed by atoms with Gasteiger partial charge in [-0.15, -0.1) is 0 Å². The number of aromatic nitrogens is 1. The van der Waals surface area contributed by atoms with E-state index < -0.39 is 30.7 Å². The minimum Gasteiger partial charge on any atom is -0.549 e. The normalized spacial score (nSPS) is 10.9. The number of nitrogens with one attached hydrogen (secondary N) is 1. The van der Waals surface area contributed by atoms with Crippen LogP contribution in [0.3, 0.4) is 0 Å². The first-order valence-corrected chi connectivity index (χ1v) is 8.29. The van der Waals surface area contributed by atoms with E-state index in [1.54, 1.807) is 30.3 Å². The van der Waals surface area contributed by atoms with E-state index in [0.717, 1.165) is 0 Å². The molecule has 1 atom stereocenters. The van der Waals surface area contributed by atoms with Gasteiger partial charge in [-0.1, -0.05) is 23.7 Å². The van der Waals surface area contributed by atoms with Gasteiger partial charge in [-0.05, 0) is 36.2 Å². The van der Waals surface area contributed by atoms with Crippen molar-refractivity contribution in [1.82, 2.24) is 10.3 Å². The Morgan fingerprint density at radius 2 is 1.86 bits per heavy atom. The van der Waals surface area contributed by atoms with Crippen molar-refractivity contribution in [2.45, 2.75) is 12.3 Å². The monoisotopic (exact) mass is 414 g/mol. The number of carboxylic acids is 1. The molecule has 2 rings (SSSR count). The second-order valence-electron chi connectivity index (χ2n) is 5.36. The van der Waals surface area contributed by atoms with Crippen LogP contribution in [0.15, 0.2) is 48.8 Å². The van der Waals surface area contributed by atoms with E-state index in [1.165, 1.54) is 18.5 Å². The second-order valence-corrected chi connectivity index (χ2v) is 5.80. The van der Waals surface area contributed by atoms with Crippen LogP contribution >= 0.6 is 11.6 Å². The summed E-state index contributed by atoms with van der Waals surface area (Å²) < 4.78 is 9.47. The van der Waals surface area contributed by atoms with Crippen molar-refractivity contribution in [3.05, 3.63) is 64.9 Å². The number of hydrogen-bond donors (Lipinski definition) is 1. The van der Waals surface area contributed by atoms with Crippen LogP contribution in [-0.4, -0.2) is 36.4 Å². The van der Waals surface area contributed by atoms with Gasteiger partial charge < -0.3 is 24.7 Å². The number of amides is 1. The van der Waals surface area contributed by atoms with Crippen LogP contribution in [0.1, 0.15) is 28.3 Å². The predicted molar refractivity (Wildman–Crippen MR) is 92.8 cm³/mol. The molecule has 0 aliphatic rings. The van der Waals surface area contributed by atoms with Crippen LogP contribution < -0.4 is 40.0 Å². The Balaban J connectivity index is 0.00000392. The molecule has 0 spiro atoms. The molecule has 1 heterocycles. The van der Waals surface area contributed by atoms with Gasteiger partial charge in [0.2, 0.25) is 6.79 Å². The zero-order valence-corrected chi connectivity index (χ0v) is 17.8. The average molecular weight is 415 g/mol. The summed E-state index contributed by atoms with van der Waals surface area (Å²) >= 11 is 5.78. The first-order valence-electron chi connectivity index (χ1n) is 7.91. The van der Waals surface area contributed by atoms with Crippen LogP contribution in [0.25, 0.3) is 0 Å². The zero-order chi connectivity index (χ0) is 19.6. The SMILES string of the molecule is O=C(NCCC(C(=O)[O-])c1ccc(Cl)cc1)OCOC(=O)c1cccnc1.[Na+]. The average Bonchev–Trinajstić information content (AvgIpc) is 2.66. The number of esters is 1. The maximum atomic E-state index is 11.6. The smallest absolute Gasteiger partial charge is 0.549 e. The molecule has 0 aliphatic heterocycles. The van der Waals surface area contributed by atoms with Gasteiger partial charge >= 0.3 is 41.6 Å². The maximum Gasteiger partial charge on any atom is 1.00 e. The van der Waals surface area contributed by atoms with Crippen LogP contribution in [0.2, 0.25) is 5.02 Å². The summed E-state index contributed by atoms with van der Waals surface area (Å²) in [4.78, 5) is 38.3. The molecule has 0 aliphatic carbocycles. The van der Waals surface area contributed by atoms with E-state index in [1.807, 2.05) is 0 Å². The number of ether oxygens (including phenoxy) is 2. The van der Waals surface area contributed by atoms with E-state index in [0.29, 0.717) is 10.6 Å². The number of halogens is 1. The number of hydrogen-bond acceptors (Lipinski definition) is 7. The number of aliphatic carboxylic acids is 1. The third-order valence-corrected chi connectivity index (χ3v) is 3.79. The number of carbonyl (C=O) groups is 3. The minimum absolute atomic E-state index is 0. The molecule has 28 heavy (non-hydrogen) atoms. The van der Waals surface area contributed by atoms with Gasteiger partial charge in [0.15, 0.2) is 0 Å². The van der Waals surface area contributed by atoms with Crippen molar-refractivity contribution in [3.63, 3.8) is 0 Å². The molecule has 8 nitrogen and oxygen atoms in total. The van der Waals surface area contributed by atoms with E-state index in [-0.39, 0.29) is 48.1 Å². The predicted octanol–water partition coefficient (Wildman–Crippen LogP) is -1.50. The Morgan fingerprint density at radius 1 is 1.14 bits per heavy atom. The van der Waals surface area contributed by atoms with Gasteiger partial charge in [0, 0.05) is 35.8 Å². The summed E-state index contributed by atoms with van der Waals surface area (Å²) in [6, 6.07) is 9.39. The van der Waals surface area contributed by atoms with Crippen molar-refractivity contribution in [1.29, 1.82) is 0 Å². The summed E-state index contributed by atoms with van der Waals surface area (Å²) in [5.74, 6) is -2.86. The van der Waals surface area contributed by atoms with Gasteiger partial charge in [0.25, 0.3) is 0 Å². The third-order valence-electron chi connectivity index (χ3n) is 3.54. The van der Waals surface area contributed by atoms with Gasteiger partial charge in [-0.2, -0.15) is 0 Å². The van der Waals surface area contributed by atoms with Gasteiger partial charge in [0.05, 0.1) is 5.56 Å². The van der Waals surface area contributed by atoms with Gasteiger partial charge in [-0.25, -0.2) is 9.59 Å². The topological polar surface area (TPSA) is 118 Å². The van der Waals surface area contributed by atoms with Gasteiger partial charge in [0.1, 0.15) is 0 Å². The summed E-state index contributed by atoms with van der Waals surface area (Å²) in [5.41, 5.74) is 0.737. The molecular weight excluding hydrogens is 399 g/mol. The molecule has 0 radical (unpaired) electrons. The van der Waals surface area contributed by atoms with Crippen LogP contribution in [0.4, 0.5) is 4.79 Å². The molecule has 1 amide bonds. The first-order chi connectivity index (χ1) is 13.0. The summed E-state index contributed by atoms with van der Waals surface area (Å²) in [5, 5.41) is 14.2. The number of alkyl carbamates (subject to hydrolysis) is 1. The molecule has 1 aromatic heterocycles. The summed E-state index contributed by atoms with van der Waals surface area (Å²) in [6.45, 7) is -0.558. The van der Waals surface area contributed by atoms with E-state index in [9.17, 15) is 19.5 Å². The number of benzene rings is 1. The number of rotatable bonds is 8. The molecule has 1 aromatic carbocycles. The fourth-order valence-electron chi connectivity index (χ4n) is 2.19. The molecule has 2 aromatic rings. The molecule has 10 heteroatoms. The first kappa shape index (κ1) is 23.9. The molecule has 1 unspecified atom stereocenters. The number of carboxylic acid groups (broad SMARTS) is 1. The Labute approximate surface area is 188 Å². The van der Waals surface area contributed by atoms with Crippen LogP contribution in [0, 0.1) is 0 Å². The molecule has 1 N–H and O–H groups in total. The van der Waals surface area contributed by atoms with Gasteiger partial charge in [-0.3, -0.25) is 4.98 Å². The van der Waals surface area contributed by atoms with E-state index >= 15 is 0 Å². The summed E-state index contributed by atoms with van der Waals surface area (Å²) in [6.07, 6.45) is 2.07. The fourth-order valence-corrected chi connectivity index (χ4v) is 2.31. The zero-order valence-electron chi connectivity index (χ0n) is 15.1. The molecule has 0 fully saturated rings. The largest absolute Gasteiger partial charge is 1.00 e. The van der Waals surface area contributed by atoms with Crippen molar-refractivity contribution in [3.8, 4) is 0 Å². The Morgan fingerprint density at radius 3 is 2.46 bits per heavy atom. The summed E-state index contributed by atoms with van der Waals surface area (Å²) in [7, 11) is 0. The molecule has 0 saturated carbocycles. The quantitative estimate of drug-likeness (QED) is 0.317. The minimum atomic E-state index is -1.27.